The van der Waals surface area contributed by atoms with Gasteiger partial charge in [-0.3, -0.25) is 4.79 Å². The average molecular weight is 410 g/mol. The number of thiazole rings is 1. The summed E-state index contributed by atoms with van der Waals surface area (Å²) < 4.78 is 10.6. The molecular weight excluding hydrogens is 388 g/mol. The first-order valence-electron chi connectivity index (χ1n) is 9.04. The van der Waals surface area contributed by atoms with Crippen molar-refractivity contribution in [1.29, 1.82) is 0 Å². The van der Waals surface area contributed by atoms with E-state index in [0.717, 1.165) is 11.1 Å². The highest BCUT2D eigenvalue weighted by Crippen LogP contribution is 2.23. The molecule has 1 aromatic heterocycles. The molecular formula is C22H22N2O4S. The van der Waals surface area contributed by atoms with Crippen LogP contribution in [-0.4, -0.2) is 24.0 Å². The van der Waals surface area contributed by atoms with Crippen molar-refractivity contribution in [3.8, 4) is 0 Å². The monoisotopic (exact) mass is 410 g/mol. The largest absolute Gasteiger partial charge is 0.443 e. The van der Waals surface area contributed by atoms with Gasteiger partial charge in [0.15, 0.2) is 5.69 Å². The number of esters is 1. The first-order chi connectivity index (χ1) is 14.0. The lowest BCUT2D eigenvalue weighted by Gasteiger charge is -2.18. The minimum Gasteiger partial charge on any atom is -0.443 e. The Hall–Kier alpha value is -3.03. The molecule has 3 aromatic rings. The highest BCUT2D eigenvalue weighted by atomic mass is 32.1. The number of rotatable bonds is 7. The van der Waals surface area contributed by atoms with Gasteiger partial charge in [-0.2, -0.15) is 0 Å². The quantitative estimate of drug-likeness (QED) is 0.583. The molecule has 0 aliphatic rings. The normalized spacial score (nSPS) is 11.7. The van der Waals surface area contributed by atoms with Crippen molar-refractivity contribution in [2.24, 2.45) is 0 Å². The summed E-state index contributed by atoms with van der Waals surface area (Å²) in [5.74, 6) is -1.09. The lowest BCUT2D eigenvalue weighted by molar-refractivity contribution is -0.125. The summed E-state index contributed by atoms with van der Waals surface area (Å²) in [6, 6.07) is 14.7. The van der Waals surface area contributed by atoms with Crippen LogP contribution in [0.3, 0.4) is 0 Å². The number of carbonyl (C=O) groups excluding carboxylic acids is 2. The molecule has 1 N–H and O–H groups in total. The number of aromatic nitrogens is 1. The van der Waals surface area contributed by atoms with Gasteiger partial charge in [0.1, 0.15) is 5.01 Å². The average Bonchev–Trinajstić information content (AvgIpc) is 3.15. The van der Waals surface area contributed by atoms with E-state index >= 15 is 0 Å². The maximum Gasteiger partial charge on any atom is 0.358 e. The van der Waals surface area contributed by atoms with Crippen molar-refractivity contribution in [3.63, 3.8) is 0 Å². The second-order valence-electron chi connectivity index (χ2n) is 6.62. The Morgan fingerprint density at radius 1 is 1.10 bits per heavy atom. The number of carbonyl (C=O) groups is 2. The number of hydrogen-bond donors (Lipinski definition) is 1. The molecule has 1 atom stereocenters. The fourth-order valence-electron chi connectivity index (χ4n) is 2.92. The molecule has 1 heterocycles. The number of amides is 1. The molecule has 0 spiro atoms. The molecule has 3 rings (SSSR count). The Labute approximate surface area is 173 Å². The van der Waals surface area contributed by atoms with E-state index in [4.69, 9.17) is 9.47 Å². The molecule has 1 unspecified atom stereocenters. The minimum absolute atomic E-state index is 0.155. The van der Waals surface area contributed by atoms with Gasteiger partial charge in [0, 0.05) is 23.7 Å². The number of nitrogens with one attached hydrogen (secondary N) is 1. The fraction of sp³-hybridized carbons (Fsp3) is 0.227. The summed E-state index contributed by atoms with van der Waals surface area (Å²) in [4.78, 5) is 29.8. The van der Waals surface area contributed by atoms with Gasteiger partial charge < -0.3 is 14.8 Å². The van der Waals surface area contributed by atoms with Crippen LogP contribution >= 0.6 is 11.3 Å². The molecule has 1 amide bonds. The zero-order chi connectivity index (χ0) is 20.8. The van der Waals surface area contributed by atoms with Crippen molar-refractivity contribution >= 4 is 28.9 Å². The fourth-order valence-corrected chi connectivity index (χ4v) is 3.65. The SMILES string of the molecule is COCc1nc(C(=O)OC(C(=O)Nc2cc(C)cc(C)c2)c2ccccc2)cs1. The first kappa shape index (κ1) is 20.7. The molecule has 29 heavy (non-hydrogen) atoms. The summed E-state index contributed by atoms with van der Waals surface area (Å²) in [6.45, 7) is 4.22. The van der Waals surface area contributed by atoms with Crippen LogP contribution in [0.5, 0.6) is 0 Å². The van der Waals surface area contributed by atoms with Gasteiger partial charge in [-0.05, 0) is 37.1 Å². The predicted molar refractivity (Wildman–Crippen MR) is 112 cm³/mol. The van der Waals surface area contributed by atoms with Crippen LogP contribution in [0.15, 0.2) is 53.9 Å². The van der Waals surface area contributed by atoms with E-state index in [1.807, 2.05) is 38.1 Å². The van der Waals surface area contributed by atoms with Crippen LogP contribution in [0.25, 0.3) is 0 Å². The van der Waals surface area contributed by atoms with Gasteiger partial charge >= 0.3 is 5.97 Å². The molecule has 0 saturated carbocycles. The third-order valence-corrected chi connectivity index (χ3v) is 4.91. The zero-order valence-corrected chi connectivity index (χ0v) is 17.3. The van der Waals surface area contributed by atoms with Gasteiger partial charge in [0.05, 0.1) is 6.61 Å². The Morgan fingerprint density at radius 2 is 1.79 bits per heavy atom. The molecule has 0 aliphatic carbocycles. The number of nitrogens with zero attached hydrogens (tertiary/aromatic N) is 1. The topological polar surface area (TPSA) is 77.5 Å². The summed E-state index contributed by atoms with van der Waals surface area (Å²) in [7, 11) is 1.56. The van der Waals surface area contributed by atoms with Gasteiger partial charge in [-0.15, -0.1) is 11.3 Å². The maximum absolute atomic E-state index is 13.0. The molecule has 0 fully saturated rings. The van der Waals surface area contributed by atoms with Crippen LogP contribution in [0.4, 0.5) is 5.69 Å². The molecule has 7 heteroatoms. The molecule has 0 radical (unpaired) electrons. The summed E-state index contributed by atoms with van der Waals surface area (Å²) >= 11 is 1.30. The van der Waals surface area contributed by atoms with Crippen molar-refractivity contribution in [1.82, 2.24) is 4.98 Å². The van der Waals surface area contributed by atoms with Gasteiger partial charge in [0.25, 0.3) is 5.91 Å². The van der Waals surface area contributed by atoms with E-state index in [9.17, 15) is 9.59 Å². The highest BCUT2D eigenvalue weighted by molar-refractivity contribution is 7.09. The molecule has 0 saturated heterocycles. The van der Waals surface area contributed by atoms with Crippen LogP contribution < -0.4 is 5.32 Å². The summed E-state index contributed by atoms with van der Waals surface area (Å²) in [5.41, 5.74) is 3.45. The third-order valence-electron chi connectivity index (χ3n) is 4.08. The minimum atomic E-state index is -1.10. The maximum atomic E-state index is 13.0. The Morgan fingerprint density at radius 3 is 2.45 bits per heavy atom. The predicted octanol–water partition coefficient (Wildman–Crippen LogP) is 4.44. The Kier molecular flexibility index (Phi) is 6.74. The summed E-state index contributed by atoms with van der Waals surface area (Å²) in [6.07, 6.45) is -1.10. The Bertz CT molecular complexity index is 981. The lowest BCUT2D eigenvalue weighted by atomic mass is 10.1. The van der Waals surface area contributed by atoms with E-state index in [1.54, 1.807) is 36.8 Å². The molecule has 0 bridgehead atoms. The van der Waals surface area contributed by atoms with Crippen molar-refractivity contribution in [2.75, 3.05) is 12.4 Å². The standard InChI is InChI=1S/C22H22N2O4S/c1-14-9-15(2)11-17(10-14)23-21(25)20(16-7-5-4-6-8-16)28-22(26)18-13-29-19(24-18)12-27-3/h4-11,13,20H,12H2,1-3H3,(H,23,25). The molecule has 0 aliphatic heterocycles. The second kappa shape index (κ2) is 9.45. The number of anilines is 1. The van der Waals surface area contributed by atoms with Gasteiger partial charge in [0.2, 0.25) is 6.10 Å². The Balaban J connectivity index is 1.82. The number of hydrogen-bond acceptors (Lipinski definition) is 6. The second-order valence-corrected chi connectivity index (χ2v) is 7.56. The van der Waals surface area contributed by atoms with Crippen molar-refractivity contribution in [3.05, 3.63) is 81.3 Å². The van der Waals surface area contributed by atoms with E-state index in [0.29, 0.717) is 22.9 Å². The first-order valence-corrected chi connectivity index (χ1v) is 9.92. The number of methoxy groups -OCH3 is 1. The third kappa shape index (κ3) is 5.49. The number of aryl methyl sites for hydroxylation is 2. The van der Waals surface area contributed by atoms with Crippen molar-refractivity contribution in [2.45, 2.75) is 26.6 Å². The lowest BCUT2D eigenvalue weighted by Crippen LogP contribution is -2.26. The van der Waals surface area contributed by atoms with Crippen LogP contribution in [0, 0.1) is 13.8 Å². The van der Waals surface area contributed by atoms with Gasteiger partial charge in [-0.1, -0.05) is 36.4 Å². The van der Waals surface area contributed by atoms with Crippen LogP contribution in [-0.2, 0) is 20.9 Å². The van der Waals surface area contributed by atoms with E-state index in [-0.39, 0.29) is 5.69 Å². The van der Waals surface area contributed by atoms with Crippen LogP contribution in [0.2, 0.25) is 0 Å². The highest BCUT2D eigenvalue weighted by Gasteiger charge is 2.27. The van der Waals surface area contributed by atoms with Crippen LogP contribution in [0.1, 0.15) is 38.3 Å². The summed E-state index contributed by atoms with van der Waals surface area (Å²) in [5, 5.41) is 5.11. The number of ether oxygens (including phenoxy) is 2. The molecule has 150 valence electrons. The zero-order valence-electron chi connectivity index (χ0n) is 16.5. The number of benzene rings is 2. The van der Waals surface area contributed by atoms with E-state index < -0.39 is 18.0 Å². The van der Waals surface area contributed by atoms with Gasteiger partial charge in [-0.25, -0.2) is 9.78 Å². The molecule has 2 aromatic carbocycles. The molecule has 6 nitrogen and oxygen atoms in total. The van der Waals surface area contributed by atoms with E-state index in [2.05, 4.69) is 10.3 Å². The smallest absolute Gasteiger partial charge is 0.358 e. The van der Waals surface area contributed by atoms with Crippen molar-refractivity contribution < 1.29 is 19.1 Å². The van der Waals surface area contributed by atoms with E-state index in [1.165, 1.54) is 11.3 Å².